The molecule has 1 aromatic heterocycles. The maximum Gasteiger partial charge on any atom is 0.239 e. The van der Waals surface area contributed by atoms with Crippen LogP contribution in [0.4, 0.5) is 20.3 Å². The summed E-state index contributed by atoms with van der Waals surface area (Å²) in [5.74, 6) is -0.114. The molecule has 1 aliphatic heterocycles. The molecule has 0 radical (unpaired) electrons. The van der Waals surface area contributed by atoms with E-state index in [4.69, 9.17) is 9.47 Å². The molecule has 2 heterocycles. The normalized spacial score (nSPS) is 18.4. The minimum absolute atomic E-state index is 0.0234. The van der Waals surface area contributed by atoms with Gasteiger partial charge in [0.2, 0.25) is 5.91 Å². The molecule has 10 heteroatoms. The van der Waals surface area contributed by atoms with Gasteiger partial charge >= 0.3 is 0 Å². The van der Waals surface area contributed by atoms with E-state index >= 15 is 0 Å². The minimum Gasteiger partial charge on any atom is -0.493 e. The SMILES string of the molecule is COc1cc2ncnc(Nc3ccc(F)cc3F)c2cc1O[C@H]1C[C@H](C(=O)N(C)C)N(C)C1. The highest BCUT2D eigenvalue weighted by Crippen LogP contribution is 2.36. The van der Waals surface area contributed by atoms with Crippen molar-refractivity contribution < 1.29 is 23.0 Å². The van der Waals surface area contributed by atoms with Gasteiger partial charge in [0.25, 0.3) is 0 Å². The Morgan fingerprint density at radius 2 is 1.97 bits per heavy atom. The van der Waals surface area contributed by atoms with E-state index in [1.165, 1.54) is 19.5 Å². The maximum atomic E-state index is 14.2. The van der Waals surface area contributed by atoms with Gasteiger partial charge in [-0.15, -0.1) is 0 Å². The van der Waals surface area contributed by atoms with E-state index in [-0.39, 0.29) is 23.7 Å². The largest absolute Gasteiger partial charge is 0.493 e. The molecule has 0 aliphatic carbocycles. The zero-order valence-electron chi connectivity index (χ0n) is 18.8. The lowest BCUT2D eigenvalue weighted by Gasteiger charge is -2.21. The van der Waals surface area contributed by atoms with Crippen LogP contribution in [0, 0.1) is 11.6 Å². The van der Waals surface area contributed by atoms with Crippen LogP contribution >= 0.6 is 0 Å². The van der Waals surface area contributed by atoms with E-state index in [0.717, 1.165) is 12.1 Å². The summed E-state index contributed by atoms with van der Waals surface area (Å²) in [6.45, 7) is 0.572. The zero-order chi connectivity index (χ0) is 23.7. The number of hydrogen-bond donors (Lipinski definition) is 1. The van der Waals surface area contributed by atoms with Crippen molar-refractivity contribution in [3.63, 3.8) is 0 Å². The van der Waals surface area contributed by atoms with E-state index in [9.17, 15) is 13.6 Å². The molecular weight excluding hydrogens is 432 g/mol. The monoisotopic (exact) mass is 457 g/mol. The van der Waals surface area contributed by atoms with Crippen molar-refractivity contribution in [1.29, 1.82) is 0 Å². The first-order valence-electron chi connectivity index (χ1n) is 10.4. The standard InChI is InChI=1S/C23H25F2N5O3/c1-29(2)23(31)19-8-14(11-30(19)3)33-21-9-15-18(10-20(21)32-4)26-12-27-22(15)28-17-6-5-13(24)7-16(17)25/h5-7,9-10,12,14,19H,8,11H2,1-4H3,(H,26,27,28)/t14-,19+/m0/s1. The number of fused-ring (bicyclic) bond motifs is 1. The number of likely N-dealkylation sites (N-methyl/N-ethyl adjacent to an activating group) is 2. The molecule has 1 N–H and O–H groups in total. The van der Waals surface area contributed by atoms with Gasteiger partial charge < -0.3 is 19.7 Å². The van der Waals surface area contributed by atoms with Crippen LogP contribution in [0.25, 0.3) is 10.9 Å². The quantitative estimate of drug-likeness (QED) is 0.609. The highest BCUT2D eigenvalue weighted by atomic mass is 19.1. The van der Waals surface area contributed by atoms with Gasteiger partial charge in [-0.3, -0.25) is 9.69 Å². The van der Waals surface area contributed by atoms with Gasteiger partial charge in [-0.05, 0) is 25.2 Å². The molecule has 1 aliphatic rings. The topological polar surface area (TPSA) is 79.8 Å². The molecular formula is C23H25F2N5O3. The molecule has 4 rings (SSSR count). The van der Waals surface area contributed by atoms with Crippen molar-refractivity contribution in [1.82, 2.24) is 19.8 Å². The van der Waals surface area contributed by atoms with Gasteiger partial charge in [0.15, 0.2) is 11.5 Å². The number of carbonyl (C=O) groups is 1. The molecule has 0 bridgehead atoms. The third-order valence-electron chi connectivity index (χ3n) is 5.63. The molecule has 0 unspecified atom stereocenters. The Hall–Kier alpha value is -3.53. The number of rotatable bonds is 6. The molecule has 174 valence electrons. The molecule has 2 atom stereocenters. The molecule has 1 amide bonds. The Morgan fingerprint density at radius 1 is 1.18 bits per heavy atom. The van der Waals surface area contributed by atoms with Crippen molar-refractivity contribution in [3.8, 4) is 11.5 Å². The molecule has 8 nitrogen and oxygen atoms in total. The maximum absolute atomic E-state index is 14.2. The number of carbonyl (C=O) groups excluding carboxylic acids is 1. The third-order valence-corrected chi connectivity index (χ3v) is 5.63. The van der Waals surface area contributed by atoms with E-state index in [0.29, 0.717) is 41.2 Å². The summed E-state index contributed by atoms with van der Waals surface area (Å²) in [5, 5.41) is 3.47. The molecule has 0 spiro atoms. The van der Waals surface area contributed by atoms with Gasteiger partial charge in [-0.25, -0.2) is 18.7 Å². The number of benzene rings is 2. The number of nitrogens with one attached hydrogen (secondary N) is 1. The summed E-state index contributed by atoms with van der Waals surface area (Å²) in [6, 6.07) is 6.42. The Balaban J connectivity index is 1.65. The second kappa shape index (κ2) is 9.14. The van der Waals surface area contributed by atoms with Crippen LogP contribution in [0.3, 0.4) is 0 Å². The lowest BCUT2D eigenvalue weighted by molar-refractivity contribution is -0.133. The summed E-state index contributed by atoms with van der Waals surface area (Å²) in [5.41, 5.74) is 0.639. The number of methoxy groups -OCH3 is 1. The van der Waals surface area contributed by atoms with E-state index < -0.39 is 11.6 Å². The van der Waals surface area contributed by atoms with Crippen LogP contribution in [0.5, 0.6) is 11.5 Å². The van der Waals surface area contributed by atoms with Crippen molar-refractivity contribution in [2.24, 2.45) is 0 Å². The number of ether oxygens (including phenoxy) is 2. The highest BCUT2D eigenvalue weighted by molar-refractivity contribution is 5.93. The van der Waals surface area contributed by atoms with Crippen LogP contribution in [-0.4, -0.2) is 72.6 Å². The molecule has 1 fully saturated rings. The average Bonchev–Trinajstić information content (AvgIpc) is 3.14. The lowest BCUT2D eigenvalue weighted by Crippen LogP contribution is -2.40. The molecule has 1 saturated heterocycles. The van der Waals surface area contributed by atoms with Crippen LogP contribution in [0.2, 0.25) is 0 Å². The fraction of sp³-hybridized carbons (Fsp3) is 0.348. The highest BCUT2D eigenvalue weighted by Gasteiger charge is 2.36. The van der Waals surface area contributed by atoms with Crippen LogP contribution < -0.4 is 14.8 Å². The van der Waals surface area contributed by atoms with E-state index in [1.54, 1.807) is 31.1 Å². The van der Waals surface area contributed by atoms with Crippen molar-refractivity contribution >= 4 is 28.3 Å². The molecule has 0 saturated carbocycles. The number of hydrogen-bond acceptors (Lipinski definition) is 7. The number of anilines is 2. The number of aromatic nitrogens is 2. The first-order valence-corrected chi connectivity index (χ1v) is 10.4. The van der Waals surface area contributed by atoms with E-state index in [2.05, 4.69) is 15.3 Å². The number of halogens is 2. The van der Waals surface area contributed by atoms with Crippen molar-refractivity contribution in [3.05, 3.63) is 48.3 Å². The molecule has 3 aromatic rings. The van der Waals surface area contributed by atoms with Gasteiger partial charge in [-0.1, -0.05) is 0 Å². The number of amides is 1. The summed E-state index contributed by atoms with van der Waals surface area (Å²) in [4.78, 5) is 24.5. The second-order valence-electron chi connectivity index (χ2n) is 8.16. The summed E-state index contributed by atoms with van der Waals surface area (Å²) >= 11 is 0. The van der Waals surface area contributed by atoms with Crippen LogP contribution in [-0.2, 0) is 4.79 Å². The fourth-order valence-electron chi connectivity index (χ4n) is 3.94. The predicted molar refractivity (Wildman–Crippen MR) is 120 cm³/mol. The Bertz CT molecular complexity index is 1190. The molecule has 33 heavy (non-hydrogen) atoms. The smallest absolute Gasteiger partial charge is 0.239 e. The predicted octanol–water partition coefficient (Wildman–Crippen LogP) is 3.20. The Labute approximate surface area is 190 Å². The van der Waals surface area contributed by atoms with Crippen molar-refractivity contribution in [2.45, 2.75) is 18.6 Å². The number of likely N-dealkylation sites (tertiary alicyclic amines) is 1. The zero-order valence-corrected chi connectivity index (χ0v) is 18.8. The summed E-state index contributed by atoms with van der Waals surface area (Å²) in [6.07, 6.45) is 1.65. The minimum atomic E-state index is -0.739. The summed E-state index contributed by atoms with van der Waals surface area (Å²) < 4.78 is 39.2. The van der Waals surface area contributed by atoms with Crippen molar-refractivity contribution in [2.75, 3.05) is 40.1 Å². The van der Waals surface area contributed by atoms with Gasteiger partial charge in [0, 0.05) is 44.6 Å². The first-order chi connectivity index (χ1) is 15.8. The van der Waals surface area contributed by atoms with Gasteiger partial charge in [-0.2, -0.15) is 0 Å². The third kappa shape index (κ3) is 4.65. The number of nitrogens with zero attached hydrogens (tertiary/aromatic N) is 4. The first kappa shape index (κ1) is 22.7. The Kier molecular flexibility index (Phi) is 6.28. The molecule has 2 aromatic carbocycles. The fourth-order valence-corrected chi connectivity index (χ4v) is 3.94. The van der Waals surface area contributed by atoms with Crippen LogP contribution in [0.1, 0.15) is 6.42 Å². The second-order valence-corrected chi connectivity index (χ2v) is 8.16. The summed E-state index contributed by atoms with van der Waals surface area (Å²) in [7, 11) is 6.88. The van der Waals surface area contributed by atoms with Crippen LogP contribution in [0.15, 0.2) is 36.7 Å². The van der Waals surface area contributed by atoms with Gasteiger partial charge in [0.1, 0.15) is 29.9 Å². The van der Waals surface area contributed by atoms with Gasteiger partial charge in [0.05, 0.1) is 24.4 Å². The lowest BCUT2D eigenvalue weighted by atomic mass is 10.1. The Morgan fingerprint density at radius 3 is 2.67 bits per heavy atom. The van der Waals surface area contributed by atoms with E-state index in [1.807, 2.05) is 11.9 Å². The average molecular weight is 457 g/mol.